The van der Waals surface area contributed by atoms with Crippen LogP contribution in [0.4, 0.5) is 4.39 Å². The third-order valence-corrected chi connectivity index (χ3v) is 4.99. The molecule has 0 aromatic heterocycles. The van der Waals surface area contributed by atoms with Crippen molar-refractivity contribution < 1.29 is 26.5 Å². The summed E-state index contributed by atoms with van der Waals surface area (Å²) in [4.78, 5) is 4.00. The molecule has 2 nitrogen and oxygen atoms in total. The second-order valence-corrected chi connectivity index (χ2v) is 10.7. The van der Waals surface area contributed by atoms with E-state index in [4.69, 9.17) is 18.6 Å². The van der Waals surface area contributed by atoms with Crippen molar-refractivity contribution >= 4 is 44.0 Å². The maximum atomic E-state index is 13.5. The van der Waals surface area contributed by atoms with Gasteiger partial charge in [-0.25, -0.2) is 4.39 Å². The van der Waals surface area contributed by atoms with Crippen molar-refractivity contribution in [2.45, 2.75) is 33.1 Å². The van der Waals surface area contributed by atoms with Gasteiger partial charge in [-0.3, -0.25) is 4.99 Å². The molecule has 0 fully saturated rings. The zero-order valence-corrected chi connectivity index (χ0v) is 19.6. The van der Waals surface area contributed by atoms with Crippen molar-refractivity contribution in [2.24, 2.45) is 4.99 Å². The van der Waals surface area contributed by atoms with Gasteiger partial charge in [0.1, 0.15) is 11.6 Å². The zero-order chi connectivity index (χ0) is 19.9. The Hall–Kier alpha value is -0.436. The van der Waals surface area contributed by atoms with Crippen molar-refractivity contribution in [1.29, 1.82) is 0 Å². The van der Waals surface area contributed by atoms with Gasteiger partial charge in [-0.1, -0.05) is 41.5 Å². The molecule has 0 bridgehead atoms. The molecule has 0 saturated carbocycles. The SMILES string of the molecule is CN=Cc1cc(F)ccc1Pc1cc(C)cc(C(C)(C)C)c1O.[Cl][Ti][Cl]. The van der Waals surface area contributed by atoms with Gasteiger partial charge in [0.15, 0.2) is 0 Å². The van der Waals surface area contributed by atoms with Gasteiger partial charge in [0, 0.05) is 29.7 Å². The standard InChI is InChI=1S/C19H23FNOP.2ClH.Ti/c1-12-8-15(19(2,3)4)18(22)17(9-12)23-16-7-6-14(20)10-13(16)11-21-5;;;/h6-11,22-23H,1-5H3;2*1H;/q;;;+2/p-2. The van der Waals surface area contributed by atoms with E-state index in [1.165, 1.54) is 12.1 Å². The number of hydrogen-bond acceptors (Lipinski definition) is 2. The molecule has 2 rings (SSSR count). The fourth-order valence-electron chi connectivity index (χ4n) is 2.48. The van der Waals surface area contributed by atoms with E-state index in [1.807, 2.05) is 19.1 Å². The van der Waals surface area contributed by atoms with Crippen LogP contribution in [-0.2, 0) is 22.4 Å². The van der Waals surface area contributed by atoms with Crippen molar-refractivity contribution in [3.63, 3.8) is 0 Å². The second-order valence-electron chi connectivity index (χ2n) is 6.77. The van der Waals surface area contributed by atoms with Crippen LogP contribution in [0.5, 0.6) is 5.75 Å². The number of aliphatic imine (C=N–C) groups is 1. The second kappa shape index (κ2) is 10.8. The molecule has 1 unspecified atom stereocenters. The molecule has 26 heavy (non-hydrogen) atoms. The molecule has 0 heterocycles. The van der Waals surface area contributed by atoms with Crippen LogP contribution in [0.15, 0.2) is 35.3 Å². The molecule has 2 aromatic rings. The van der Waals surface area contributed by atoms with Crippen LogP contribution >= 0.6 is 27.2 Å². The minimum atomic E-state index is -0.556. The molecule has 1 N–H and O–H groups in total. The van der Waals surface area contributed by atoms with Gasteiger partial charge < -0.3 is 5.11 Å². The Bertz CT molecular complexity index is 779. The van der Waals surface area contributed by atoms with Crippen LogP contribution in [0.2, 0.25) is 0 Å². The molecule has 0 saturated heterocycles. The number of phenolic OH excluding ortho intramolecular Hbond substituents is 1. The fraction of sp³-hybridized carbons (Fsp3) is 0.316. The molecule has 0 aliphatic rings. The Morgan fingerprint density at radius 2 is 1.77 bits per heavy atom. The molecular formula is C19H23Cl2FNOPTi. The quantitative estimate of drug-likeness (QED) is 0.390. The summed E-state index contributed by atoms with van der Waals surface area (Å²) in [7, 11) is 11.7. The molecule has 140 valence electrons. The van der Waals surface area contributed by atoms with Crippen LogP contribution in [-0.4, -0.2) is 18.4 Å². The number of aromatic hydroxyl groups is 1. The first-order valence-electron chi connectivity index (χ1n) is 7.93. The average Bonchev–Trinajstić information content (AvgIpc) is 2.53. The van der Waals surface area contributed by atoms with Gasteiger partial charge in [-0.2, -0.15) is 0 Å². The molecule has 0 aliphatic carbocycles. The van der Waals surface area contributed by atoms with Crippen LogP contribution < -0.4 is 10.6 Å². The molecule has 0 aliphatic heterocycles. The summed E-state index contributed by atoms with van der Waals surface area (Å²) < 4.78 is 13.5. The Labute approximate surface area is 173 Å². The maximum absolute atomic E-state index is 13.5. The van der Waals surface area contributed by atoms with Crippen LogP contribution in [0.1, 0.15) is 37.5 Å². The van der Waals surface area contributed by atoms with Gasteiger partial charge in [0.05, 0.1) is 0 Å². The summed E-state index contributed by atoms with van der Waals surface area (Å²) in [6, 6.07) is 8.73. The van der Waals surface area contributed by atoms with Crippen molar-refractivity contribution in [1.82, 2.24) is 0 Å². The van der Waals surface area contributed by atoms with E-state index in [9.17, 15) is 9.50 Å². The summed E-state index contributed by atoms with van der Waals surface area (Å²) in [5.41, 5.74) is 2.67. The monoisotopic (exact) mass is 449 g/mol. The Morgan fingerprint density at radius 3 is 2.31 bits per heavy atom. The fourth-order valence-corrected chi connectivity index (χ4v) is 3.78. The number of hydrogen-bond donors (Lipinski definition) is 1. The molecule has 1 atom stereocenters. The Morgan fingerprint density at radius 1 is 1.15 bits per heavy atom. The number of benzene rings is 2. The first-order valence-corrected chi connectivity index (χ1v) is 13.2. The summed E-state index contributed by atoms with van der Waals surface area (Å²) in [6.07, 6.45) is 1.66. The van der Waals surface area contributed by atoms with Crippen LogP contribution in [0, 0.1) is 12.7 Å². The molecule has 2 aromatic carbocycles. The number of aryl methyl sites for hydroxylation is 1. The van der Waals surface area contributed by atoms with Gasteiger partial charge in [-0.05, 0) is 41.4 Å². The number of halogens is 3. The normalized spacial score (nSPS) is 11.7. The number of nitrogens with zero attached hydrogens (tertiary/aromatic N) is 1. The summed E-state index contributed by atoms with van der Waals surface area (Å²) in [6.45, 7) is 8.28. The van der Waals surface area contributed by atoms with Crippen molar-refractivity contribution in [3.8, 4) is 5.75 Å². The van der Waals surface area contributed by atoms with Crippen LogP contribution in [0.3, 0.4) is 0 Å². The summed E-state index contributed by atoms with van der Waals surface area (Å²) >= 11 is -0.556. The van der Waals surface area contributed by atoms with Crippen molar-refractivity contribution in [2.75, 3.05) is 7.05 Å². The zero-order valence-electron chi connectivity index (χ0n) is 15.5. The topological polar surface area (TPSA) is 32.6 Å². The van der Waals surface area contributed by atoms with Gasteiger partial charge in [0.2, 0.25) is 0 Å². The number of phenols is 1. The van der Waals surface area contributed by atoms with E-state index in [-0.39, 0.29) is 19.8 Å². The van der Waals surface area contributed by atoms with Crippen LogP contribution in [0.25, 0.3) is 0 Å². The average molecular weight is 450 g/mol. The molecular weight excluding hydrogens is 427 g/mol. The first-order chi connectivity index (χ1) is 12.1. The third-order valence-electron chi connectivity index (χ3n) is 3.61. The molecule has 0 radical (unpaired) electrons. The third kappa shape index (κ3) is 6.94. The van der Waals surface area contributed by atoms with Gasteiger partial charge >= 0.3 is 35.6 Å². The van der Waals surface area contributed by atoms with E-state index >= 15 is 0 Å². The first kappa shape index (κ1) is 23.6. The van der Waals surface area contributed by atoms with E-state index < -0.39 is 17.0 Å². The number of rotatable bonds is 3. The summed E-state index contributed by atoms with van der Waals surface area (Å²) in [5, 5.41) is 12.5. The van der Waals surface area contributed by atoms with Crippen molar-refractivity contribution in [3.05, 3.63) is 52.8 Å². The summed E-state index contributed by atoms with van der Waals surface area (Å²) in [5.74, 6) is 0.0578. The van der Waals surface area contributed by atoms with E-state index in [1.54, 1.807) is 19.3 Å². The Kier molecular flexibility index (Phi) is 9.79. The van der Waals surface area contributed by atoms with E-state index in [2.05, 4.69) is 25.8 Å². The molecule has 7 heteroatoms. The Balaban J connectivity index is 0.00000105. The van der Waals surface area contributed by atoms with Gasteiger partial charge in [0.25, 0.3) is 0 Å². The molecule has 0 spiro atoms. The predicted molar refractivity (Wildman–Crippen MR) is 111 cm³/mol. The predicted octanol–water partition coefficient (Wildman–Crippen LogP) is 5.19. The van der Waals surface area contributed by atoms with E-state index in [0.29, 0.717) is 5.75 Å². The van der Waals surface area contributed by atoms with E-state index in [0.717, 1.165) is 27.3 Å². The van der Waals surface area contributed by atoms with Gasteiger partial charge in [-0.15, -0.1) is 0 Å². The molecule has 0 amide bonds. The minimum absolute atomic E-state index is 0.133.